The zero-order valence-electron chi connectivity index (χ0n) is 13.7. The summed E-state index contributed by atoms with van der Waals surface area (Å²) in [5.41, 5.74) is 4.93. The van der Waals surface area contributed by atoms with Gasteiger partial charge in [-0.3, -0.25) is 4.79 Å². The molecule has 1 unspecified atom stereocenters. The van der Waals surface area contributed by atoms with Gasteiger partial charge < -0.3 is 4.57 Å². The lowest BCUT2D eigenvalue weighted by molar-refractivity contribution is 0.517. The lowest BCUT2D eigenvalue weighted by Gasteiger charge is -2.20. The van der Waals surface area contributed by atoms with E-state index < -0.39 is 0 Å². The van der Waals surface area contributed by atoms with Crippen molar-refractivity contribution in [2.24, 2.45) is 0 Å². The molecule has 0 fully saturated rings. The molecule has 0 aliphatic carbocycles. The Morgan fingerprint density at radius 3 is 2.50 bits per heavy atom. The number of rotatable bonds is 4. The molecule has 0 saturated carbocycles. The minimum absolute atomic E-state index is 0.0494. The van der Waals surface area contributed by atoms with Crippen LogP contribution in [0, 0.1) is 25.2 Å². The molecular weight excluding hydrogens is 272 g/mol. The smallest absolute Gasteiger partial charge is 0.255 e. The molecule has 0 spiro atoms. The third-order valence-corrected chi connectivity index (χ3v) is 4.30. The maximum Gasteiger partial charge on any atom is 0.255 e. The molecule has 0 N–H and O–H groups in total. The highest BCUT2D eigenvalue weighted by Crippen LogP contribution is 2.25. The van der Waals surface area contributed by atoms with E-state index in [0.717, 1.165) is 17.7 Å². The number of aromatic nitrogens is 1. The molecule has 114 valence electrons. The number of nitrogens with zero attached hydrogens (tertiary/aromatic N) is 2. The molecule has 0 aliphatic heterocycles. The Kier molecular flexibility index (Phi) is 4.82. The van der Waals surface area contributed by atoms with Crippen LogP contribution in [0.2, 0.25) is 0 Å². The summed E-state index contributed by atoms with van der Waals surface area (Å²) < 4.78 is 1.83. The number of pyridine rings is 1. The van der Waals surface area contributed by atoms with Gasteiger partial charge in [0, 0.05) is 11.6 Å². The van der Waals surface area contributed by atoms with E-state index in [9.17, 15) is 4.79 Å². The second kappa shape index (κ2) is 6.62. The van der Waals surface area contributed by atoms with Crippen molar-refractivity contribution in [1.82, 2.24) is 4.57 Å². The van der Waals surface area contributed by atoms with Crippen LogP contribution >= 0.6 is 0 Å². The van der Waals surface area contributed by atoms with Gasteiger partial charge in [-0.05, 0) is 56.0 Å². The molecule has 1 heterocycles. The highest BCUT2D eigenvalue weighted by atomic mass is 16.1. The van der Waals surface area contributed by atoms with Crippen LogP contribution in [0.4, 0.5) is 0 Å². The molecule has 1 aromatic heterocycles. The van der Waals surface area contributed by atoms with Crippen LogP contribution in [0.15, 0.2) is 35.1 Å². The van der Waals surface area contributed by atoms with Gasteiger partial charge in [-0.2, -0.15) is 5.26 Å². The van der Waals surface area contributed by atoms with E-state index in [-0.39, 0.29) is 18.0 Å². The molecule has 22 heavy (non-hydrogen) atoms. The second-order valence-corrected chi connectivity index (χ2v) is 5.81. The van der Waals surface area contributed by atoms with Crippen molar-refractivity contribution in [3.05, 3.63) is 57.4 Å². The van der Waals surface area contributed by atoms with Gasteiger partial charge in [0.15, 0.2) is 0 Å². The fourth-order valence-electron chi connectivity index (χ4n) is 2.57. The van der Waals surface area contributed by atoms with Gasteiger partial charge in [-0.25, -0.2) is 0 Å². The molecule has 0 saturated heterocycles. The second-order valence-electron chi connectivity index (χ2n) is 5.81. The zero-order valence-corrected chi connectivity index (χ0v) is 13.7. The first-order valence-electron chi connectivity index (χ1n) is 7.68. The van der Waals surface area contributed by atoms with E-state index in [1.807, 2.05) is 17.6 Å². The van der Waals surface area contributed by atoms with E-state index in [1.54, 1.807) is 6.07 Å². The van der Waals surface area contributed by atoms with Gasteiger partial charge in [-0.1, -0.05) is 25.1 Å². The predicted octanol–water partition coefficient (Wildman–Crippen LogP) is 4.17. The molecule has 0 aliphatic rings. The molecule has 2 aromatic rings. The lowest BCUT2D eigenvalue weighted by Crippen LogP contribution is -2.27. The van der Waals surface area contributed by atoms with Gasteiger partial charge >= 0.3 is 0 Å². The monoisotopic (exact) mass is 294 g/mol. The summed E-state index contributed by atoms with van der Waals surface area (Å²) in [4.78, 5) is 12.7. The van der Waals surface area contributed by atoms with Gasteiger partial charge in [0.2, 0.25) is 0 Å². The summed E-state index contributed by atoms with van der Waals surface area (Å²) in [7, 11) is 0. The standard InChI is InChI=1S/C19H22N2O/c1-5-15(4)21-18(9-8-16(10-11-20)19(21)22)17-7-6-13(2)14(3)12-17/h6-9,12,15H,5,10H2,1-4H3. The van der Waals surface area contributed by atoms with E-state index in [1.165, 1.54) is 11.1 Å². The number of aryl methyl sites for hydroxylation is 2. The zero-order chi connectivity index (χ0) is 16.3. The van der Waals surface area contributed by atoms with Gasteiger partial charge in [0.1, 0.15) is 0 Å². The summed E-state index contributed by atoms with van der Waals surface area (Å²) in [5.74, 6) is 0. The summed E-state index contributed by atoms with van der Waals surface area (Å²) >= 11 is 0. The molecule has 2 rings (SSSR count). The van der Waals surface area contributed by atoms with E-state index >= 15 is 0 Å². The fraction of sp³-hybridized carbons (Fsp3) is 0.368. The van der Waals surface area contributed by atoms with Gasteiger partial charge in [-0.15, -0.1) is 0 Å². The van der Waals surface area contributed by atoms with Gasteiger partial charge in [0.05, 0.1) is 18.2 Å². The van der Waals surface area contributed by atoms with Crippen LogP contribution in [-0.2, 0) is 6.42 Å². The normalized spacial score (nSPS) is 12.0. The van der Waals surface area contributed by atoms with Crippen molar-refractivity contribution in [3.8, 4) is 17.3 Å². The quantitative estimate of drug-likeness (QED) is 0.849. The Labute approximate surface area is 131 Å². The van der Waals surface area contributed by atoms with E-state index in [2.05, 4.69) is 45.0 Å². The Balaban J connectivity index is 2.70. The largest absolute Gasteiger partial charge is 0.305 e. The fourth-order valence-corrected chi connectivity index (χ4v) is 2.57. The Morgan fingerprint density at radius 2 is 1.91 bits per heavy atom. The third-order valence-electron chi connectivity index (χ3n) is 4.30. The average Bonchev–Trinajstić information content (AvgIpc) is 2.51. The first-order valence-corrected chi connectivity index (χ1v) is 7.68. The SMILES string of the molecule is CCC(C)n1c(-c2ccc(C)c(C)c2)ccc(CC#N)c1=O. The molecule has 1 atom stereocenters. The number of hydrogen-bond acceptors (Lipinski definition) is 2. The van der Waals surface area contributed by atoms with Crippen molar-refractivity contribution in [3.63, 3.8) is 0 Å². The van der Waals surface area contributed by atoms with Gasteiger partial charge in [0.25, 0.3) is 5.56 Å². The molecule has 0 radical (unpaired) electrons. The van der Waals surface area contributed by atoms with Crippen molar-refractivity contribution < 1.29 is 0 Å². The Morgan fingerprint density at radius 1 is 1.18 bits per heavy atom. The van der Waals surface area contributed by atoms with Crippen LogP contribution in [0.5, 0.6) is 0 Å². The van der Waals surface area contributed by atoms with E-state index in [4.69, 9.17) is 5.26 Å². The van der Waals surface area contributed by atoms with Crippen molar-refractivity contribution in [2.45, 2.75) is 46.6 Å². The summed E-state index contributed by atoms with van der Waals surface area (Å²) in [6.45, 7) is 8.27. The molecular formula is C19H22N2O. The number of nitriles is 1. The number of hydrogen-bond donors (Lipinski definition) is 0. The highest BCUT2D eigenvalue weighted by Gasteiger charge is 2.14. The molecule has 3 heteroatoms. The maximum absolute atomic E-state index is 12.7. The topological polar surface area (TPSA) is 45.8 Å². The summed E-state index contributed by atoms with van der Waals surface area (Å²) in [6, 6.07) is 12.2. The minimum atomic E-state index is -0.0494. The van der Waals surface area contributed by atoms with Crippen LogP contribution in [0.1, 0.15) is 43.0 Å². The van der Waals surface area contributed by atoms with Crippen molar-refractivity contribution in [1.29, 1.82) is 5.26 Å². The third kappa shape index (κ3) is 2.96. The van der Waals surface area contributed by atoms with E-state index in [0.29, 0.717) is 5.56 Å². The first-order chi connectivity index (χ1) is 10.5. The molecule has 3 nitrogen and oxygen atoms in total. The minimum Gasteiger partial charge on any atom is -0.305 e. The van der Waals surface area contributed by atoms with Crippen LogP contribution in [0.3, 0.4) is 0 Å². The Bertz CT molecular complexity index is 781. The van der Waals surface area contributed by atoms with Crippen LogP contribution < -0.4 is 5.56 Å². The molecule has 0 bridgehead atoms. The molecule has 0 amide bonds. The summed E-state index contributed by atoms with van der Waals surface area (Å²) in [5, 5.41) is 8.89. The summed E-state index contributed by atoms with van der Waals surface area (Å²) in [6.07, 6.45) is 1.02. The number of benzene rings is 1. The maximum atomic E-state index is 12.7. The lowest BCUT2D eigenvalue weighted by atomic mass is 10.0. The molecule has 1 aromatic carbocycles. The van der Waals surface area contributed by atoms with Crippen LogP contribution in [-0.4, -0.2) is 4.57 Å². The average molecular weight is 294 g/mol. The van der Waals surface area contributed by atoms with Crippen LogP contribution in [0.25, 0.3) is 11.3 Å². The van der Waals surface area contributed by atoms with Crippen molar-refractivity contribution >= 4 is 0 Å². The Hall–Kier alpha value is -2.34. The predicted molar refractivity (Wildman–Crippen MR) is 89.9 cm³/mol. The highest BCUT2D eigenvalue weighted by molar-refractivity contribution is 5.62. The first kappa shape index (κ1) is 16.0. The van der Waals surface area contributed by atoms with Crippen molar-refractivity contribution in [2.75, 3.05) is 0 Å².